The summed E-state index contributed by atoms with van der Waals surface area (Å²) in [4.78, 5) is 0. The minimum atomic E-state index is 0.0298. The average Bonchev–Trinajstić information content (AvgIpc) is 3.51. The van der Waals surface area contributed by atoms with Crippen LogP contribution in [0.15, 0.2) is 71.9 Å². The lowest BCUT2D eigenvalue weighted by atomic mass is 9.83. The van der Waals surface area contributed by atoms with Crippen LogP contribution in [0.4, 0.5) is 0 Å². The number of hydrogen-bond donors (Lipinski definition) is 4. The van der Waals surface area contributed by atoms with E-state index in [1.54, 1.807) is 0 Å². The Hall–Kier alpha value is -3.40. The minimum Gasteiger partial charge on any atom is -0.507 e. The highest BCUT2D eigenvalue weighted by atomic mass is 16.3. The van der Waals surface area contributed by atoms with Crippen LogP contribution in [-0.4, -0.2) is 20.4 Å². The molecule has 0 amide bonds. The van der Waals surface area contributed by atoms with Crippen LogP contribution in [0.1, 0.15) is 127 Å². The largest absolute Gasteiger partial charge is 0.507 e. The van der Waals surface area contributed by atoms with Gasteiger partial charge in [0.2, 0.25) is 0 Å². The van der Waals surface area contributed by atoms with Crippen molar-refractivity contribution >= 4 is 0 Å². The standard InChI is InChI=1S/2C20H28O2/c2*1-5-6-7-8-15-11-18(21)20(19(22)12-15)17-10-14(4)9-16(17)13(2)3/h2*10-12,16-17,21-22H,2,5-9H2,1,3-4H3/t2*16-,17+/m10/s1. The SMILES string of the molecule is C=C(C)[C@@H]1CC(C)=C[C@H]1c1c(O)cc(CCCCC)cc1O.C=C(C)[C@H]1CC(C)=C[C@@H]1c1c(O)cc(CCCCC)cc1O. The molecule has 0 saturated carbocycles. The molecule has 4 nitrogen and oxygen atoms in total. The highest BCUT2D eigenvalue weighted by Gasteiger charge is 2.33. The normalized spacial score (nSPS) is 21.0. The number of aromatic hydroxyl groups is 4. The number of aryl methyl sites for hydroxylation is 2. The maximum atomic E-state index is 10.5. The van der Waals surface area contributed by atoms with Gasteiger partial charge in [-0.25, -0.2) is 0 Å². The minimum absolute atomic E-state index is 0.0298. The van der Waals surface area contributed by atoms with Crippen molar-refractivity contribution in [2.45, 2.75) is 118 Å². The zero-order valence-electron chi connectivity index (χ0n) is 28.0. The molecule has 0 fully saturated rings. The zero-order valence-corrected chi connectivity index (χ0v) is 28.0. The number of unbranched alkanes of at least 4 members (excludes halogenated alkanes) is 4. The molecule has 0 radical (unpaired) electrons. The van der Waals surface area contributed by atoms with Gasteiger partial charge >= 0.3 is 0 Å². The maximum absolute atomic E-state index is 10.5. The van der Waals surface area contributed by atoms with Gasteiger partial charge < -0.3 is 20.4 Å². The Kier molecular flexibility index (Phi) is 12.8. The molecule has 4 atom stereocenters. The summed E-state index contributed by atoms with van der Waals surface area (Å²) in [5.41, 5.74) is 8.13. The second-order valence-electron chi connectivity index (χ2n) is 13.4. The summed E-state index contributed by atoms with van der Waals surface area (Å²) >= 11 is 0. The molecule has 2 aliphatic carbocycles. The molecule has 0 heterocycles. The molecule has 2 aromatic rings. The Morgan fingerprint density at radius 1 is 0.614 bits per heavy atom. The summed E-state index contributed by atoms with van der Waals surface area (Å²) in [7, 11) is 0. The van der Waals surface area contributed by atoms with E-state index in [2.05, 4.69) is 53.0 Å². The van der Waals surface area contributed by atoms with Gasteiger partial charge in [-0.2, -0.15) is 0 Å². The van der Waals surface area contributed by atoms with Crippen molar-refractivity contribution in [2.75, 3.05) is 0 Å². The van der Waals surface area contributed by atoms with Gasteiger partial charge in [0, 0.05) is 23.0 Å². The second-order valence-corrected chi connectivity index (χ2v) is 13.4. The van der Waals surface area contributed by atoms with Crippen LogP contribution < -0.4 is 0 Å². The second kappa shape index (κ2) is 16.1. The Morgan fingerprint density at radius 2 is 0.932 bits per heavy atom. The van der Waals surface area contributed by atoms with Crippen LogP contribution in [0.3, 0.4) is 0 Å². The van der Waals surface area contributed by atoms with Gasteiger partial charge in [0.05, 0.1) is 0 Å². The van der Waals surface area contributed by atoms with Crippen LogP contribution >= 0.6 is 0 Å². The van der Waals surface area contributed by atoms with Gasteiger partial charge in [-0.1, -0.05) is 87.1 Å². The molecule has 0 bridgehead atoms. The molecule has 0 saturated heterocycles. The molecule has 0 unspecified atom stereocenters. The number of allylic oxidation sites excluding steroid dienone is 6. The van der Waals surface area contributed by atoms with Gasteiger partial charge in [-0.15, -0.1) is 0 Å². The Balaban J connectivity index is 0.000000240. The first kappa shape index (κ1) is 35.1. The first-order chi connectivity index (χ1) is 20.9. The molecule has 2 aromatic carbocycles. The molecular formula is C40H56O4. The summed E-state index contributed by atoms with van der Waals surface area (Å²) < 4.78 is 0. The van der Waals surface area contributed by atoms with Crippen LogP contribution in [0.25, 0.3) is 0 Å². The van der Waals surface area contributed by atoms with Crippen molar-refractivity contribution in [1.82, 2.24) is 0 Å². The summed E-state index contributed by atoms with van der Waals surface area (Å²) in [6.07, 6.45) is 14.9. The van der Waals surface area contributed by atoms with Gasteiger partial charge in [-0.3, -0.25) is 0 Å². The van der Waals surface area contributed by atoms with E-state index in [0.29, 0.717) is 11.1 Å². The lowest BCUT2D eigenvalue weighted by molar-refractivity contribution is 0.421. The van der Waals surface area contributed by atoms with E-state index in [1.165, 1.54) is 36.8 Å². The van der Waals surface area contributed by atoms with E-state index >= 15 is 0 Å². The smallest absolute Gasteiger partial charge is 0.123 e. The van der Waals surface area contributed by atoms with E-state index in [0.717, 1.165) is 60.8 Å². The van der Waals surface area contributed by atoms with Gasteiger partial charge in [0.1, 0.15) is 23.0 Å². The molecule has 0 aromatic heterocycles. The van der Waals surface area contributed by atoms with Crippen LogP contribution in [-0.2, 0) is 12.8 Å². The van der Waals surface area contributed by atoms with Crippen molar-refractivity contribution in [1.29, 1.82) is 0 Å². The van der Waals surface area contributed by atoms with E-state index in [9.17, 15) is 20.4 Å². The van der Waals surface area contributed by atoms with E-state index < -0.39 is 0 Å². The van der Waals surface area contributed by atoms with Crippen LogP contribution in [0, 0.1) is 11.8 Å². The number of phenols is 4. The van der Waals surface area contributed by atoms with Crippen LogP contribution in [0.5, 0.6) is 23.0 Å². The van der Waals surface area contributed by atoms with Gasteiger partial charge in [0.15, 0.2) is 0 Å². The summed E-state index contributed by atoms with van der Waals surface area (Å²) in [6, 6.07) is 7.28. The number of phenolic OH excluding ortho intramolecular Hbond substituents is 4. The van der Waals surface area contributed by atoms with Crippen molar-refractivity contribution in [3.63, 3.8) is 0 Å². The number of benzene rings is 2. The molecule has 240 valence electrons. The first-order valence-corrected chi connectivity index (χ1v) is 16.6. The number of hydrogen-bond acceptors (Lipinski definition) is 4. The molecule has 44 heavy (non-hydrogen) atoms. The van der Waals surface area contributed by atoms with E-state index in [1.807, 2.05) is 38.1 Å². The summed E-state index contributed by atoms with van der Waals surface area (Å²) in [5, 5.41) is 41.8. The van der Waals surface area contributed by atoms with Crippen molar-refractivity contribution in [3.05, 3.63) is 94.1 Å². The third-order valence-electron chi connectivity index (χ3n) is 9.34. The molecule has 0 spiro atoms. The Morgan fingerprint density at radius 3 is 1.20 bits per heavy atom. The quantitative estimate of drug-likeness (QED) is 0.144. The zero-order chi connectivity index (χ0) is 32.6. The highest BCUT2D eigenvalue weighted by Crippen LogP contribution is 2.49. The molecule has 4 rings (SSSR count). The molecule has 0 aliphatic heterocycles. The van der Waals surface area contributed by atoms with Gasteiger partial charge in [-0.05, 0) is 113 Å². The molecule has 4 heteroatoms. The van der Waals surface area contributed by atoms with Crippen molar-refractivity contribution < 1.29 is 20.4 Å². The lowest BCUT2D eigenvalue weighted by Gasteiger charge is -2.22. The topological polar surface area (TPSA) is 80.9 Å². The predicted molar refractivity (Wildman–Crippen MR) is 185 cm³/mol. The molecule has 2 aliphatic rings. The highest BCUT2D eigenvalue weighted by molar-refractivity contribution is 5.53. The summed E-state index contributed by atoms with van der Waals surface area (Å²) in [6.45, 7) is 20.7. The monoisotopic (exact) mass is 600 g/mol. The maximum Gasteiger partial charge on any atom is 0.123 e. The van der Waals surface area contributed by atoms with Crippen LogP contribution in [0.2, 0.25) is 0 Å². The first-order valence-electron chi connectivity index (χ1n) is 16.6. The fraction of sp³-hybridized carbons (Fsp3) is 0.500. The lowest BCUT2D eigenvalue weighted by Crippen LogP contribution is -2.08. The average molecular weight is 601 g/mol. The Bertz CT molecular complexity index is 1230. The summed E-state index contributed by atoms with van der Waals surface area (Å²) in [5.74, 6) is 1.46. The number of rotatable bonds is 12. The van der Waals surface area contributed by atoms with Crippen molar-refractivity contribution in [2.24, 2.45) is 11.8 Å². The van der Waals surface area contributed by atoms with Crippen molar-refractivity contribution in [3.8, 4) is 23.0 Å². The predicted octanol–water partition coefficient (Wildman–Crippen LogP) is 10.9. The molecular weight excluding hydrogens is 544 g/mol. The van der Waals surface area contributed by atoms with E-state index in [-0.39, 0.29) is 46.7 Å². The van der Waals surface area contributed by atoms with Gasteiger partial charge in [0.25, 0.3) is 0 Å². The molecule has 4 N–H and O–H groups in total. The third-order valence-corrected chi connectivity index (χ3v) is 9.34. The Labute approximate surface area is 266 Å². The fourth-order valence-electron chi connectivity index (χ4n) is 6.95. The van der Waals surface area contributed by atoms with E-state index in [4.69, 9.17) is 0 Å². The fourth-order valence-corrected chi connectivity index (χ4v) is 6.95. The third kappa shape index (κ3) is 8.83.